The van der Waals surface area contributed by atoms with Crippen LogP contribution in [0, 0.1) is 0 Å². The Hall–Kier alpha value is -1.75. The first-order valence-corrected chi connectivity index (χ1v) is 7.03. The van der Waals surface area contributed by atoms with Crippen LogP contribution < -0.4 is 9.47 Å². The Morgan fingerprint density at radius 2 is 2.00 bits per heavy atom. The lowest BCUT2D eigenvalue weighted by atomic mass is 10.2. The monoisotopic (exact) mass is 274 g/mol. The van der Waals surface area contributed by atoms with Gasteiger partial charge < -0.3 is 9.47 Å². The number of nitrogens with zero attached hydrogens (tertiary/aromatic N) is 2. The van der Waals surface area contributed by atoms with Crippen molar-refractivity contribution in [3.8, 4) is 11.6 Å². The number of allylic oxidation sites excluding steroid dienone is 1. The lowest BCUT2D eigenvalue weighted by molar-refractivity contribution is 0.396. The van der Waals surface area contributed by atoms with E-state index in [4.69, 9.17) is 9.47 Å². The fourth-order valence-electron chi connectivity index (χ4n) is 2.03. The first kappa shape index (κ1) is 12.3. The van der Waals surface area contributed by atoms with E-state index in [2.05, 4.69) is 16.0 Å². The Kier molecular flexibility index (Phi) is 3.29. The minimum Gasteiger partial charge on any atom is -0.497 e. The number of hydrogen-bond donors (Lipinski definition) is 0. The smallest absolute Gasteiger partial charge is 0.241 e. The molecule has 2 heterocycles. The van der Waals surface area contributed by atoms with E-state index in [1.807, 2.05) is 18.2 Å². The molecule has 1 aliphatic heterocycles. The molecule has 2 aromatic rings. The minimum atomic E-state index is 0.571. The van der Waals surface area contributed by atoms with Crippen LogP contribution in [0.4, 0.5) is 0 Å². The lowest BCUT2D eigenvalue weighted by Gasteiger charge is -2.09. The highest BCUT2D eigenvalue weighted by Gasteiger charge is 2.17. The summed E-state index contributed by atoms with van der Waals surface area (Å²) in [7, 11) is 3.26. The maximum absolute atomic E-state index is 5.37. The van der Waals surface area contributed by atoms with Crippen LogP contribution in [-0.2, 0) is 0 Å². The highest BCUT2D eigenvalue weighted by atomic mass is 32.2. The summed E-state index contributed by atoms with van der Waals surface area (Å²) in [6, 6.07) is 5.68. The standard InChI is InChI=1S/C14H14N2O2S/c1-17-9-5-6-10-11(8-9)16-14(18-2)13(15-10)12-4-3-7-19-12/h4-6,8H,3,7H2,1-2H3. The highest BCUT2D eigenvalue weighted by molar-refractivity contribution is 8.08. The van der Waals surface area contributed by atoms with Gasteiger partial charge in [0.15, 0.2) is 0 Å². The summed E-state index contributed by atoms with van der Waals surface area (Å²) in [6.45, 7) is 0. The predicted octanol–water partition coefficient (Wildman–Crippen LogP) is 3.12. The molecule has 0 spiro atoms. The van der Waals surface area contributed by atoms with Crippen molar-refractivity contribution in [1.29, 1.82) is 0 Å². The molecule has 0 atom stereocenters. The van der Waals surface area contributed by atoms with E-state index < -0.39 is 0 Å². The van der Waals surface area contributed by atoms with Crippen molar-refractivity contribution in [3.63, 3.8) is 0 Å². The van der Waals surface area contributed by atoms with Gasteiger partial charge in [-0.3, -0.25) is 0 Å². The summed E-state index contributed by atoms with van der Waals surface area (Å²) >= 11 is 1.80. The predicted molar refractivity (Wildman–Crippen MR) is 77.7 cm³/mol. The average Bonchev–Trinajstić information content (AvgIpc) is 2.99. The SMILES string of the molecule is COc1ccc2nc(C3=CCCS3)c(OC)nc2c1. The van der Waals surface area contributed by atoms with Gasteiger partial charge in [-0.25, -0.2) is 9.97 Å². The van der Waals surface area contributed by atoms with Crippen LogP contribution >= 0.6 is 11.8 Å². The Balaban J connectivity index is 2.17. The van der Waals surface area contributed by atoms with Crippen LogP contribution in [0.25, 0.3) is 15.9 Å². The topological polar surface area (TPSA) is 44.2 Å². The summed E-state index contributed by atoms with van der Waals surface area (Å²) in [4.78, 5) is 10.4. The van der Waals surface area contributed by atoms with Gasteiger partial charge in [0.2, 0.25) is 5.88 Å². The maximum Gasteiger partial charge on any atom is 0.241 e. The van der Waals surface area contributed by atoms with E-state index >= 15 is 0 Å². The molecule has 1 aromatic heterocycles. The van der Waals surface area contributed by atoms with Crippen molar-refractivity contribution in [2.45, 2.75) is 6.42 Å². The normalized spacial score (nSPS) is 14.5. The number of ether oxygens (including phenoxy) is 2. The van der Waals surface area contributed by atoms with Crippen LogP contribution in [0.5, 0.6) is 11.6 Å². The molecule has 0 saturated heterocycles. The van der Waals surface area contributed by atoms with Gasteiger partial charge in [0, 0.05) is 16.7 Å². The summed E-state index contributed by atoms with van der Waals surface area (Å²) in [5.74, 6) is 2.44. The fourth-order valence-corrected chi connectivity index (χ4v) is 2.99. The molecule has 0 fully saturated rings. The molecule has 0 amide bonds. The van der Waals surface area contributed by atoms with Crippen molar-refractivity contribution in [2.75, 3.05) is 20.0 Å². The van der Waals surface area contributed by atoms with Crippen LogP contribution in [0.2, 0.25) is 0 Å². The quantitative estimate of drug-likeness (QED) is 0.860. The molecule has 0 unspecified atom stereocenters. The summed E-state index contributed by atoms with van der Waals surface area (Å²) < 4.78 is 10.6. The summed E-state index contributed by atoms with van der Waals surface area (Å²) in [6.07, 6.45) is 3.26. The molecule has 0 N–H and O–H groups in total. The fraction of sp³-hybridized carbons (Fsp3) is 0.286. The van der Waals surface area contributed by atoms with Crippen molar-refractivity contribution in [3.05, 3.63) is 30.0 Å². The molecular weight excluding hydrogens is 260 g/mol. The third-order valence-electron chi connectivity index (χ3n) is 2.97. The maximum atomic E-state index is 5.37. The van der Waals surface area contributed by atoms with Gasteiger partial charge in [0.1, 0.15) is 11.4 Å². The van der Waals surface area contributed by atoms with Crippen molar-refractivity contribution < 1.29 is 9.47 Å². The van der Waals surface area contributed by atoms with Crippen LogP contribution in [0.15, 0.2) is 24.3 Å². The number of aromatic nitrogens is 2. The highest BCUT2D eigenvalue weighted by Crippen LogP contribution is 2.37. The Labute approximate surface area is 115 Å². The summed E-state index contributed by atoms with van der Waals surface area (Å²) in [5.41, 5.74) is 2.47. The molecule has 0 radical (unpaired) electrons. The van der Waals surface area contributed by atoms with Gasteiger partial charge in [0.25, 0.3) is 0 Å². The van der Waals surface area contributed by atoms with Gasteiger partial charge >= 0.3 is 0 Å². The summed E-state index contributed by atoms with van der Waals surface area (Å²) in [5, 5.41) is 0. The Bertz CT molecular complexity index is 655. The van der Waals surface area contributed by atoms with E-state index in [1.54, 1.807) is 26.0 Å². The van der Waals surface area contributed by atoms with E-state index in [0.717, 1.165) is 39.6 Å². The molecule has 3 rings (SSSR count). The van der Waals surface area contributed by atoms with Crippen molar-refractivity contribution >= 4 is 27.7 Å². The second-order valence-corrected chi connectivity index (χ2v) is 5.28. The van der Waals surface area contributed by atoms with Gasteiger partial charge in [-0.1, -0.05) is 6.08 Å². The molecule has 19 heavy (non-hydrogen) atoms. The average molecular weight is 274 g/mol. The molecule has 1 aliphatic rings. The first-order valence-electron chi connectivity index (χ1n) is 6.05. The minimum absolute atomic E-state index is 0.571. The molecule has 0 aliphatic carbocycles. The van der Waals surface area contributed by atoms with E-state index in [9.17, 15) is 0 Å². The van der Waals surface area contributed by atoms with Gasteiger partial charge in [-0.2, -0.15) is 0 Å². The largest absolute Gasteiger partial charge is 0.497 e. The third kappa shape index (κ3) is 2.26. The van der Waals surface area contributed by atoms with Crippen LogP contribution in [0.3, 0.4) is 0 Å². The number of fused-ring (bicyclic) bond motifs is 1. The second kappa shape index (κ2) is 5.09. The van der Waals surface area contributed by atoms with E-state index in [-0.39, 0.29) is 0 Å². The number of methoxy groups -OCH3 is 2. The third-order valence-corrected chi connectivity index (χ3v) is 4.08. The molecule has 5 heteroatoms. The second-order valence-electron chi connectivity index (χ2n) is 4.14. The molecule has 1 aromatic carbocycles. The number of rotatable bonds is 3. The number of hydrogen-bond acceptors (Lipinski definition) is 5. The van der Waals surface area contributed by atoms with E-state index in [0.29, 0.717) is 5.88 Å². The zero-order chi connectivity index (χ0) is 13.2. The van der Waals surface area contributed by atoms with Crippen LogP contribution in [-0.4, -0.2) is 29.9 Å². The zero-order valence-corrected chi connectivity index (χ0v) is 11.7. The zero-order valence-electron chi connectivity index (χ0n) is 10.8. The molecule has 98 valence electrons. The van der Waals surface area contributed by atoms with Gasteiger partial charge in [-0.05, 0) is 18.6 Å². The molecule has 4 nitrogen and oxygen atoms in total. The first-order chi connectivity index (χ1) is 9.31. The molecular formula is C14H14N2O2S. The molecule has 0 saturated carbocycles. The van der Waals surface area contributed by atoms with E-state index in [1.165, 1.54) is 0 Å². The molecule has 0 bridgehead atoms. The lowest BCUT2D eigenvalue weighted by Crippen LogP contribution is -1.98. The van der Waals surface area contributed by atoms with Crippen LogP contribution in [0.1, 0.15) is 12.1 Å². The van der Waals surface area contributed by atoms with Crippen molar-refractivity contribution in [1.82, 2.24) is 9.97 Å². The Morgan fingerprint density at radius 1 is 1.11 bits per heavy atom. The Morgan fingerprint density at radius 3 is 2.68 bits per heavy atom. The van der Waals surface area contributed by atoms with Gasteiger partial charge in [0.05, 0.1) is 25.3 Å². The van der Waals surface area contributed by atoms with Gasteiger partial charge in [-0.15, -0.1) is 11.8 Å². The number of benzene rings is 1. The number of thioether (sulfide) groups is 1. The van der Waals surface area contributed by atoms with Crippen molar-refractivity contribution in [2.24, 2.45) is 0 Å².